The van der Waals surface area contributed by atoms with Crippen LogP contribution in [0.25, 0.3) is 0 Å². The zero-order valence-corrected chi connectivity index (χ0v) is 16.5. The highest BCUT2D eigenvalue weighted by molar-refractivity contribution is 7.89. The molecule has 0 aliphatic heterocycles. The maximum Gasteiger partial charge on any atom is 0.255 e. The average molecular weight is 395 g/mol. The van der Waals surface area contributed by atoms with Crippen molar-refractivity contribution in [2.45, 2.75) is 25.3 Å². The summed E-state index contributed by atoms with van der Waals surface area (Å²) >= 11 is 0. The van der Waals surface area contributed by atoms with E-state index in [0.717, 1.165) is 22.4 Å². The van der Waals surface area contributed by atoms with Gasteiger partial charge in [-0.3, -0.25) is 9.78 Å². The molecule has 1 heterocycles. The van der Waals surface area contributed by atoms with E-state index in [9.17, 15) is 13.2 Å². The minimum atomic E-state index is -3.67. The molecule has 0 unspecified atom stereocenters. The molecule has 1 amide bonds. The maximum atomic E-state index is 12.5. The Hall–Kier alpha value is -3.03. The topological polar surface area (TPSA) is 88.2 Å². The minimum absolute atomic E-state index is 0.102. The Morgan fingerprint density at radius 2 is 1.64 bits per heavy atom. The third-order valence-corrected chi connectivity index (χ3v) is 5.91. The highest BCUT2D eigenvalue weighted by Gasteiger charge is 2.15. The third-order valence-electron chi connectivity index (χ3n) is 4.50. The molecule has 0 atom stereocenters. The molecule has 28 heavy (non-hydrogen) atoms. The molecule has 0 saturated carbocycles. The van der Waals surface area contributed by atoms with Crippen LogP contribution < -0.4 is 10.0 Å². The maximum absolute atomic E-state index is 12.5. The number of nitrogens with zero attached hydrogens (tertiary/aromatic N) is 1. The van der Waals surface area contributed by atoms with Gasteiger partial charge in [-0.25, -0.2) is 13.1 Å². The Balaban J connectivity index is 1.70. The Morgan fingerprint density at radius 1 is 0.964 bits per heavy atom. The van der Waals surface area contributed by atoms with Crippen molar-refractivity contribution in [3.05, 3.63) is 89.2 Å². The first kappa shape index (κ1) is 19.7. The van der Waals surface area contributed by atoms with Gasteiger partial charge >= 0.3 is 0 Å². The van der Waals surface area contributed by atoms with Crippen LogP contribution in [0, 0.1) is 13.8 Å². The van der Waals surface area contributed by atoms with E-state index in [-0.39, 0.29) is 17.3 Å². The molecule has 0 saturated heterocycles. The lowest BCUT2D eigenvalue weighted by Gasteiger charge is -2.11. The van der Waals surface area contributed by atoms with Crippen molar-refractivity contribution in [1.82, 2.24) is 9.71 Å². The van der Waals surface area contributed by atoms with E-state index >= 15 is 0 Å². The number of anilines is 1. The molecule has 2 aromatic carbocycles. The van der Waals surface area contributed by atoms with Gasteiger partial charge in [-0.05, 0) is 73.0 Å². The molecule has 0 bridgehead atoms. The zero-order valence-electron chi connectivity index (χ0n) is 15.6. The number of sulfonamides is 1. The smallest absolute Gasteiger partial charge is 0.255 e. The molecule has 0 aliphatic carbocycles. The monoisotopic (exact) mass is 395 g/mol. The van der Waals surface area contributed by atoms with Crippen molar-refractivity contribution >= 4 is 21.6 Å². The molecular formula is C21H21N3O3S. The van der Waals surface area contributed by atoms with Gasteiger partial charge in [0.15, 0.2) is 0 Å². The highest BCUT2D eigenvalue weighted by atomic mass is 32.2. The van der Waals surface area contributed by atoms with Crippen LogP contribution in [0.2, 0.25) is 0 Å². The fraction of sp³-hybridized carbons (Fsp3) is 0.143. The molecule has 1 aromatic heterocycles. The van der Waals surface area contributed by atoms with Crippen LogP contribution >= 0.6 is 0 Å². The van der Waals surface area contributed by atoms with Crippen molar-refractivity contribution in [3.8, 4) is 0 Å². The van der Waals surface area contributed by atoms with Gasteiger partial charge in [0.2, 0.25) is 10.0 Å². The number of nitrogens with one attached hydrogen (secondary N) is 2. The van der Waals surface area contributed by atoms with Gasteiger partial charge in [-0.1, -0.05) is 12.1 Å². The predicted molar refractivity (Wildman–Crippen MR) is 109 cm³/mol. The summed E-state index contributed by atoms with van der Waals surface area (Å²) in [6.07, 6.45) is 3.21. The molecule has 0 fully saturated rings. The number of pyridine rings is 1. The number of aryl methyl sites for hydroxylation is 1. The van der Waals surface area contributed by atoms with Crippen LogP contribution in [-0.2, 0) is 16.6 Å². The fourth-order valence-electron chi connectivity index (χ4n) is 2.63. The van der Waals surface area contributed by atoms with Crippen LogP contribution in [0.1, 0.15) is 27.0 Å². The Morgan fingerprint density at radius 3 is 2.32 bits per heavy atom. The first-order valence-electron chi connectivity index (χ1n) is 8.73. The first-order chi connectivity index (χ1) is 13.4. The normalized spacial score (nSPS) is 11.2. The van der Waals surface area contributed by atoms with Gasteiger partial charge in [0.25, 0.3) is 5.91 Å². The summed E-state index contributed by atoms with van der Waals surface area (Å²) in [6.45, 7) is 4.08. The van der Waals surface area contributed by atoms with Gasteiger partial charge in [-0.15, -0.1) is 0 Å². The quantitative estimate of drug-likeness (QED) is 0.669. The summed E-state index contributed by atoms with van der Waals surface area (Å²) in [4.78, 5) is 16.5. The summed E-state index contributed by atoms with van der Waals surface area (Å²) < 4.78 is 27.4. The molecule has 144 valence electrons. The predicted octanol–water partition coefficient (Wildman–Crippen LogP) is 3.43. The van der Waals surface area contributed by atoms with E-state index in [1.807, 2.05) is 32.0 Å². The number of rotatable bonds is 6. The van der Waals surface area contributed by atoms with Crippen LogP contribution in [0.3, 0.4) is 0 Å². The van der Waals surface area contributed by atoms with Crippen molar-refractivity contribution in [3.63, 3.8) is 0 Å². The Labute approximate surface area is 164 Å². The van der Waals surface area contributed by atoms with Gasteiger partial charge in [0.1, 0.15) is 0 Å². The second kappa shape index (κ2) is 8.33. The minimum Gasteiger partial charge on any atom is -0.322 e. The van der Waals surface area contributed by atoms with Crippen molar-refractivity contribution in [1.29, 1.82) is 0 Å². The Kier molecular flexibility index (Phi) is 5.87. The zero-order chi connectivity index (χ0) is 20.1. The fourth-order valence-corrected chi connectivity index (χ4v) is 3.65. The summed E-state index contributed by atoms with van der Waals surface area (Å²) in [5.74, 6) is -0.289. The van der Waals surface area contributed by atoms with E-state index in [0.29, 0.717) is 5.56 Å². The van der Waals surface area contributed by atoms with Gasteiger partial charge in [-0.2, -0.15) is 0 Å². The van der Waals surface area contributed by atoms with Crippen molar-refractivity contribution in [2.24, 2.45) is 0 Å². The van der Waals surface area contributed by atoms with E-state index in [1.165, 1.54) is 24.3 Å². The first-order valence-corrected chi connectivity index (χ1v) is 10.2. The third kappa shape index (κ3) is 4.62. The second-order valence-corrected chi connectivity index (χ2v) is 8.17. The van der Waals surface area contributed by atoms with Crippen LogP contribution in [0.15, 0.2) is 71.9 Å². The standard InChI is InChI=1S/C21H21N3O3S/c1-15-4-3-5-20(16(15)2)24-21(25)18-6-8-19(9-7-18)28(26,27)23-14-17-10-12-22-13-11-17/h3-13,23H,14H2,1-2H3,(H,24,25). The van der Waals surface area contributed by atoms with E-state index in [1.54, 1.807) is 24.5 Å². The number of aromatic nitrogens is 1. The van der Waals surface area contributed by atoms with Crippen LogP contribution in [0.4, 0.5) is 5.69 Å². The van der Waals surface area contributed by atoms with Crippen molar-refractivity contribution < 1.29 is 13.2 Å². The summed E-state index contributed by atoms with van der Waals surface area (Å²) in [5, 5.41) is 2.86. The number of benzene rings is 2. The lowest BCUT2D eigenvalue weighted by atomic mass is 10.1. The number of hydrogen-bond acceptors (Lipinski definition) is 4. The molecule has 0 spiro atoms. The molecule has 6 nitrogen and oxygen atoms in total. The summed E-state index contributed by atoms with van der Waals surface area (Å²) in [7, 11) is -3.67. The second-order valence-electron chi connectivity index (χ2n) is 6.41. The van der Waals surface area contributed by atoms with E-state index in [4.69, 9.17) is 0 Å². The molecule has 0 aliphatic rings. The molecule has 3 rings (SSSR count). The van der Waals surface area contributed by atoms with E-state index in [2.05, 4.69) is 15.0 Å². The van der Waals surface area contributed by atoms with E-state index < -0.39 is 10.0 Å². The summed E-state index contributed by atoms with van der Waals surface area (Å²) in [6, 6.07) is 15.0. The van der Waals surface area contributed by atoms with Crippen LogP contribution in [0.5, 0.6) is 0 Å². The molecular weight excluding hydrogens is 374 g/mol. The van der Waals surface area contributed by atoms with Gasteiger partial charge in [0.05, 0.1) is 4.90 Å². The van der Waals surface area contributed by atoms with Gasteiger partial charge in [0, 0.05) is 30.2 Å². The SMILES string of the molecule is Cc1cccc(NC(=O)c2ccc(S(=O)(=O)NCc3ccncc3)cc2)c1C. The van der Waals surface area contributed by atoms with Gasteiger partial charge < -0.3 is 5.32 Å². The lowest BCUT2D eigenvalue weighted by Crippen LogP contribution is -2.23. The highest BCUT2D eigenvalue weighted by Crippen LogP contribution is 2.19. The number of carbonyl (C=O) groups excluding carboxylic acids is 1. The van der Waals surface area contributed by atoms with Crippen LogP contribution in [-0.4, -0.2) is 19.3 Å². The molecule has 0 radical (unpaired) electrons. The lowest BCUT2D eigenvalue weighted by molar-refractivity contribution is 0.102. The number of hydrogen-bond donors (Lipinski definition) is 2. The number of carbonyl (C=O) groups is 1. The molecule has 7 heteroatoms. The number of amides is 1. The molecule has 3 aromatic rings. The molecule has 2 N–H and O–H groups in total. The summed E-state index contributed by atoms with van der Waals surface area (Å²) in [5.41, 5.74) is 4.01. The Bertz CT molecular complexity index is 1080. The largest absolute Gasteiger partial charge is 0.322 e. The average Bonchev–Trinajstić information content (AvgIpc) is 2.71. The van der Waals surface area contributed by atoms with Crippen molar-refractivity contribution in [2.75, 3.05) is 5.32 Å².